The van der Waals surface area contributed by atoms with Crippen LogP contribution >= 0.6 is 0 Å². The molecule has 0 saturated heterocycles. The lowest BCUT2D eigenvalue weighted by atomic mass is 10.1. The van der Waals surface area contributed by atoms with Crippen LogP contribution in [0.15, 0.2) is 24.3 Å². The average molecular weight is 233 g/mol. The van der Waals surface area contributed by atoms with Gasteiger partial charge in [0.15, 0.2) is 6.29 Å². The van der Waals surface area contributed by atoms with E-state index >= 15 is 0 Å². The number of benzene rings is 1. The van der Waals surface area contributed by atoms with Crippen LogP contribution in [0.3, 0.4) is 0 Å². The molecule has 92 valence electrons. The number of carbonyl (C=O) groups is 1. The Kier molecular flexibility index (Phi) is 4.15. The van der Waals surface area contributed by atoms with Gasteiger partial charge in [-0.05, 0) is 25.0 Å². The molecule has 0 atom stereocenters. The van der Waals surface area contributed by atoms with E-state index in [0.29, 0.717) is 18.2 Å². The minimum atomic E-state index is 0.129. The molecule has 1 aliphatic carbocycles. The highest BCUT2D eigenvalue weighted by Crippen LogP contribution is 2.29. The fourth-order valence-corrected chi connectivity index (χ4v) is 2.67. The molecule has 3 nitrogen and oxygen atoms in total. The lowest BCUT2D eigenvalue weighted by Gasteiger charge is -2.31. The van der Waals surface area contributed by atoms with Crippen molar-refractivity contribution in [2.75, 3.05) is 18.1 Å². The number of hydrogen-bond donors (Lipinski definition) is 1. The lowest BCUT2D eigenvalue weighted by molar-refractivity contribution is 0.112. The summed E-state index contributed by atoms with van der Waals surface area (Å²) in [6, 6.07) is 8.10. The van der Waals surface area contributed by atoms with Crippen molar-refractivity contribution in [3.8, 4) is 0 Å². The van der Waals surface area contributed by atoms with E-state index in [-0.39, 0.29) is 6.61 Å². The molecule has 0 amide bonds. The highest BCUT2D eigenvalue weighted by molar-refractivity contribution is 5.84. The Bertz CT molecular complexity index is 372. The molecular weight excluding hydrogens is 214 g/mol. The predicted molar refractivity (Wildman–Crippen MR) is 68.5 cm³/mol. The molecule has 0 aromatic heterocycles. The molecule has 1 aromatic rings. The van der Waals surface area contributed by atoms with Crippen molar-refractivity contribution in [2.24, 2.45) is 0 Å². The van der Waals surface area contributed by atoms with Gasteiger partial charge in [0.25, 0.3) is 0 Å². The monoisotopic (exact) mass is 233 g/mol. The third kappa shape index (κ3) is 2.67. The topological polar surface area (TPSA) is 40.5 Å². The summed E-state index contributed by atoms with van der Waals surface area (Å²) in [5, 5.41) is 9.19. The number of hydrogen-bond acceptors (Lipinski definition) is 3. The molecule has 0 heterocycles. The van der Waals surface area contributed by atoms with E-state index in [9.17, 15) is 9.90 Å². The third-order valence-corrected chi connectivity index (χ3v) is 3.48. The fourth-order valence-electron chi connectivity index (χ4n) is 2.67. The zero-order chi connectivity index (χ0) is 12.1. The molecule has 0 radical (unpaired) electrons. The van der Waals surface area contributed by atoms with Gasteiger partial charge in [-0.1, -0.05) is 25.0 Å². The molecule has 3 heteroatoms. The van der Waals surface area contributed by atoms with Crippen LogP contribution in [0, 0.1) is 0 Å². The van der Waals surface area contributed by atoms with Crippen molar-refractivity contribution >= 4 is 12.0 Å². The first-order valence-corrected chi connectivity index (χ1v) is 6.28. The molecule has 0 bridgehead atoms. The standard InChI is InChI=1S/C14H19NO2/c16-10-9-15(13-6-2-3-7-13)14-8-4-1-5-12(14)11-17/h1,4-5,8,11,13,16H,2-3,6-7,9-10H2. The molecule has 1 fully saturated rings. The highest BCUT2D eigenvalue weighted by atomic mass is 16.3. The quantitative estimate of drug-likeness (QED) is 0.793. The van der Waals surface area contributed by atoms with E-state index in [4.69, 9.17) is 0 Å². The number of aliphatic hydroxyl groups excluding tert-OH is 1. The van der Waals surface area contributed by atoms with Gasteiger partial charge in [-0.2, -0.15) is 0 Å². The molecule has 0 aliphatic heterocycles. The molecule has 0 spiro atoms. The molecule has 17 heavy (non-hydrogen) atoms. The summed E-state index contributed by atoms with van der Waals surface area (Å²) in [4.78, 5) is 13.3. The van der Waals surface area contributed by atoms with E-state index in [1.807, 2.05) is 24.3 Å². The van der Waals surface area contributed by atoms with Crippen LogP contribution in [0.2, 0.25) is 0 Å². The van der Waals surface area contributed by atoms with Crippen molar-refractivity contribution < 1.29 is 9.90 Å². The van der Waals surface area contributed by atoms with Gasteiger partial charge < -0.3 is 10.0 Å². The van der Waals surface area contributed by atoms with E-state index < -0.39 is 0 Å². The first-order valence-electron chi connectivity index (χ1n) is 6.28. The van der Waals surface area contributed by atoms with E-state index in [1.54, 1.807) is 0 Å². The Morgan fingerprint density at radius 1 is 1.29 bits per heavy atom. The maximum atomic E-state index is 11.1. The first-order chi connectivity index (χ1) is 8.36. The minimum Gasteiger partial charge on any atom is -0.395 e. The van der Waals surface area contributed by atoms with Gasteiger partial charge >= 0.3 is 0 Å². The summed E-state index contributed by atoms with van der Waals surface area (Å²) in [5.41, 5.74) is 1.68. The number of carbonyl (C=O) groups excluding carboxylic acids is 1. The largest absolute Gasteiger partial charge is 0.395 e. The maximum absolute atomic E-state index is 11.1. The van der Waals surface area contributed by atoms with Crippen molar-refractivity contribution in [1.29, 1.82) is 0 Å². The van der Waals surface area contributed by atoms with Crippen LogP contribution in [-0.4, -0.2) is 30.6 Å². The molecule has 0 unspecified atom stereocenters. The molecule has 2 rings (SSSR count). The van der Waals surface area contributed by atoms with Crippen molar-refractivity contribution in [2.45, 2.75) is 31.7 Å². The van der Waals surface area contributed by atoms with Crippen LogP contribution < -0.4 is 4.90 Å². The van der Waals surface area contributed by atoms with Crippen molar-refractivity contribution in [3.63, 3.8) is 0 Å². The lowest BCUT2D eigenvalue weighted by Crippen LogP contribution is -2.36. The average Bonchev–Trinajstić information content (AvgIpc) is 2.89. The van der Waals surface area contributed by atoms with Gasteiger partial charge in [0.05, 0.1) is 6.61 Å². The second-order valence-electron chi connectivity index (χ2n) is 4.53. The smallest absolute Gasteiger partial charge is 0.152 e. The highest BCUT2D eigenvalue weighted by Gasteiger charge is 2.23. The first kappa shape index (κ1) is 12.1. The number of aldehydes is 1. The summed E-state index contributed by atoms with van der Waals surface area (Å²) < 4.78 is 0. The predicted octanol–water partition coefficient (Wildman–Crippen LogP) is 2.24. The van der Waals surface area contributed by atoms with Gasteiger partial charge in [0.1, 0.15) is 0 Å². The number of para-hydroxylation sites is 1. The molecule has 1 N–H and O–H groups in total. The second kappa shape index (κ2) is 5.82. The van der Waals surface area contributed by atoms with E-state index in [0.717, 1.165) is 24.8 Å². The fraction of sp³-hybridized carbons (Fsp3) is 0.500. The van der Waals surface area contributed by atoms with Crippen LogP contribution in [0.1, 0.15) is 36.0 Å². The van der Waals surface area contributed by atoms with E-state index in [2.05, 4.69) is 4.90 Å². The number of anilines is 1. The Labute approximate surface area is 102 Å². The van der Waals surface area contributed by atoms with Gasteiger partial charge in [-0.3, -0.25) is 4.79 Å². The van der Waals surface area contributed by atoms with Crippen molar-refractivity contribution in [1.82, 2.24) is 0 Å². The summed E-state index contributed by atoms with van der Waals surface area (Å²) in [5.74, 6) is 0. The summed E-state index contributed by atoms with van der Waals surface area (Å²) in [6.45, 7) is 0.735. The number of aliphatic hydroxyl groups is 1. The van der Waals surface area contributed by atoms with Gasteiger partial charge in [0, 0.05) is 23.8 Å². The molecule has 1 aliphatic rings. The SMILES string of the molecule is O=Cc1ccccc1N(CCO)C1CCCC1. The zero-order valence-corrected chi connectivity index (χ0v) is 10.0. The van der Waals surface area contributed by atoms with Crippen LogP contribution in [-0.2, 0) is 0 Å². The Hall–Kier alpha value is -1.35. The van der Waals surface area contributed by atoms with Crippen LogP contribution in [0.25, 0.3) is 0 Å². The summed E-state index contributed by atoms with van der Waals surface area (Å²) in [6.07, 6.45) is 5.71. The number of nitrogens with zero attached hydrogens (tertiary/aromatic N) is 1. The minimum absolute atomic E-state index is 0.129. The third-order valence-electron chi connectivity index (χ3n) is 3.48. The second-order valence-corrected chi connectivity index (χ2v) is 4.53. The normalized spacial score (nSPS) is 16.1. The zero-order valence-electron chi connectivity index (χ0n) is 10.0. The Morgan fingerprint density at radius 2 is 2.00 bits per heavy atom. The summed E-state index contributed by atoms with van der Waals surface area (Å²) >= 11 is 0. The molecular formula is C14H19NO2. The Morgan fingerprint density at radius 3 is 2.65 bits per heavy atom. The maximum Gasteiger partial charge on any atom is 0.152 e. The summed E-state index contributed by atoms with van der Waals surface area (Å²) in [7, 11) is 0. The van der Waals surface area contributed by atoms with Gasteiger partial charge in [-0.25, -0.2) is 0 Å². The van der Waals surface area contributed by atoms with Crippen LogP contribution in [0.4, 0.5) is 5.69 Å². The van der Waals surface area contributed by atoms with Crippen molar-refractivity contribution in [3.05, 3.63) is 29.8 Å². The van der Waals surface area contributed by atoms with Gasteiger partial charge in [-0.15, -0.1) is 0 Å². The molecule has 1 saturated carbocycles. The number of rotatable bonds is 5. The molecule has 1 aromatic carbocycles. The van der Waals surface area contributed by atoms with Crippen LogP contribution in [0.5, 0.6) is 0 Å². The Balaban J connectivity index is 2.27. The van der Waals surface area contributed by atoms with E-state index in [1.165, 1.54) is 12.8 Å². The van der Waals surface area contributed by atoms with Gasteiger partial charge in [0.2, 0.25) is 0 Å².